The average Bonchev–Trinajstić information content (AvgIpc) is 2.79. The molecule has 1 amide bonds. The van der Waals surface area contributed by atoms with Gasteiger partial charge in [0.15, 0.2) is 0 Å². The number of ether oxygens (including phenoxy) is 4. The van der Waals surface area contributed by atoms with Crippen molar-refractivity contribution in [3.63, 3.8) is 0 Å². The number of nitrogens with two attached hydrogens (primary N) is 1. The third kappa shape index (κ3) is 9.73. The van der Waals surface area contributed by atoms with Crippen LogP contribution in [0.25, 0.3) is 0 Å². The molecule has 0 aromatic heterocycles. The van der Waals surface area contributed by atoms with E-state index in [0.29, 0.717) is 0 Å². The molecule has 200 valence electrons. The Morgan fingerprint density at radius 2 is 1.43 bits per heavy atom. The van der Waals surface area contributed by atoms with E-state index in [1.54, 1.807) is 0 Å². The third-order valence-corrected chi connectivity index (χ3v) is 5.09. The standard InChI is InChI=1S/C22H26N4O10S/c1-13(27)24-16-4-5-18(22(10-16)37(30,31)32)25-26-19-12-20(35-8-6-33-14(2)28)17(23)11-21(19)36-9-7-34-15(3)29/h4-5,10-12H,6-9,23H2,1-3H3,(H,24,27)(H,30,31,32)/b26-25+. The predicted molar refractivity (Wildman–Crippen MR) is 130 cm³/mol. The van der Waals surface area contributed by atoms with E-state index in [1.807, 2.05) is 0 Å². The van der Waals surface area contributed by atoms with Crippen LogP contribution in [0.2, 0.25) is 0 Å². The molecule has 14 nitrogen and oxygen atoms in total. The van der Waals surface area contributed by atoms with Gasteiger partial charge in [0.2, 0.25) is 5.91 Å². The lowest BCUT2D eigenvalue weighted by Crippen LogP contribution is -2.11. The van der Waals surface area contributed by atoms with Crippen molar-refractivity contribution in [1.82, 2.24) is 0 Å². The summed E-state index contributed by atoms with van der Waals surface area (Å²) >= 11 is 0. The molecule has 0 aliphatic carbocycles. The van der Waals surface area contributed by atoms with Gasteiger partial charge in [0.1, 0.15) is 54.2 Å². The smallest absolute Gasteiger partial charge is 0.302 e. The first-order valence-electron chi connectivity index (χ1n) is 10.6. The molecule has 2 rings (SSSR count). The molecule has 0 saturated heterocycles. The van der Waals surface area contributed by atoms with Gasteiger partial charge in [-0.2, -0.15) is 8.42 Å². The molecule has 0 spiro atoms. The van der Waals surface area contributed by atoms with Crippen molar-refractivity contribution in [2.24, 2.45) is 10.2 Å². The number of azo groups is 1. The van der Waals surface area contributed by atoms with Gasteiger partial charge in [0, 0.05) is 38.6 Å². The molecule has 2 aromatic carbocycles. The molecule has 37 heavy (non-hydrogen) atoms. The van der Waals surface area contributed by atoms with Gasteiger partial charge in [-0.3, -0.25) is 18.9 Å². The van der Waals surface area contributed by atoms with Crippen LogP contribution in [0.4, 0.5) is 22.7 Å². The predicted octanol–water partition coefficient (Wildman–Crippen LogP) is 2.77. The molecule has 0 heterocycles. The van der Waals surface area contributed by atoms with E-state index in [4.69, 9.17) is 24.7 Å². The van der Waals surface area contributed by atoms with Crippen LogP contribution < -0.4 is 20.5 Å². The maximum atomic E-state index is 11.9. The fourth-order valence-electron chi connectivity index (χ4n) is 2.75. The van der Waals surface area contributed by atoms with E-state index in [2.05, 4.69) is 15.5 Å². The maximum absolute atomic E-state index is 11.9. The van der Waals surface area contributed by atoms with Crippen LogP contribution in [0.15, 0.2) is 45.5 Å². The summed E-state index contributed by atoms with van der Waals surface area (Å²) in [6, 6.07) is 6.34. The molecule has 0 fully saturated rings. The average molecular weight is 539 g/mol. The Hall–Kier alpha value is -4.24. The van der Waals surface area contributed by atoms with Crippen molar-refractivity contribution in [2.75, 3.05) is 37.5 Å². The SMILES string of the molecule is CC(=O)Nc1ccc(/N=N/c2cc(OCCOC(C)=O)c(N)cc2OCCOC(C)=O)c(S(=O)(=O)O)c1. The fourth-order valence-corrected chi connectivity index (χ4v) is 3.40. The number of hydrogen-bond donors (Lipinski definition) is 3. The van der Waals surface area contributed by atoms with E-state index in [1.165, 1.54) is 45.0 Å². The minimum Gasteiger partial charge on any atom is -0.488 e. The number of carbonyl (C=O) groups is 3. The molecular weight excluding hydrogens is 512 g/mol. The lowest BCUT2D eigenvalue weighted by atomic mass is 10.2. The van der Waals surface area contributed by atoms with Gasteiger partial charge in [-0.25, -0.2) is 0 Å². The van der Waals surface area contributed by atoms with Crippen molar-refractivity contribution in [3.05, 3.63) is 30.3 Å². The summed E-state index contributed by atoms with van der Waals surface area (Å²) < 4.78 is 54.1. The topological polar surface area (TPSA) is 205 Å². The molecule has 0 saturated carbocycles. The summed E-state index contributed by atoms with van der Waals surface area (Å²) in [4.78, 5) is 32.6. The second-order valence-corrected chi connectivity index (χ2v) is 8.66. The summed E-state index contributed by atoms with van der Waals surface area (Å²) in [6.07, 6.45) is 0. The van der Waals surface area contributed by atoms with Crippen molar-refractivity contribution >= 4 is 50.7 Å². The van der Waals surface area contributed by atoms with Gasteiger partial charge in [-0.15, -0.1) is 10.2 Å². The summed E-state index contributed by atoms with van der Waals surface area (Å²) in [7, 11) is -4.74. The number of amides is 1. The second kappa shape index (κ2) is 13.2. The molecule has 15 heteroatoms. The second-order valence-electron chi connectivity index (χ2n) is 7.27. The lowest BCUT2D eigenvalue weighted by molar-refractivity contribution is -0.142. The number of anilines is 2. The Bertz CT molecular complexity index is 1290. The van der Waals surface area contributed by atoms with Gasteiger partial charge >= 0.3 is 11.9 Å². The molecular formula is C22H26N4O10S. The first-order valence-corrected chi connectivity index (χ1v) is 12.1. The molecule has 0 unspecified atom stereocenters. The van der Waals surface area contributed by atoms with E-state index in [9.17, 15) is 27.4 Å². The molecule has 4 N–H and O–H groups in total. The van der Waals surface area contributed by atoms with Crippen molar-refractivity contribution in [1.29, 1.82) is 0 Å². The Balaban J connectivity index is 2.41. The van der Waals surface area contributed by atoms with Crippen LogP contribution >= 0.6 is 0 Å². The van der Waals surface area contributed by atoms with Gasteiger partial charge < -0.3 is 30.0 Å². The van der Waals surface area contributed by atoms with Crippen LogP contribution in [0.1, 0.15) is 20.8 Å². The Kier molecular flexibility index (Phi) is 10.3. The number of nitrogen functional groups attached to an aromatic ring is 1. The molecule has 0 radical (unpaired) electrons. The number of esters is 2. The fraction of sp³-hybridized carbons (Fsp3) is 0.318. The first-order chi connectivity index (χ1) is 17.4. The largest absolute Gasteiger partial charge is 0.488 e. The summed E-state index contributed by atoms with van der Waals surface area (Å²) in [5.41, 5.74) is 6.08. The quantitative estimate of drug-likeness (QED) is 0.118. The molecule has 2 aromatic rings. The Morgan fingerprint density at radius 3 is 1.97 bits per heavy atom. The Labute approximate surface area is 212 Å². The minimum atomic E-state index is -4.74. The van der Waals surface area contributed by atoms with E-state index >= 15 is 0 Å². The highest BCUT2D eigenvalue weighted by Gasteiger charge is 2.18. The highest BCUT2D eigenvalue weighted by atomic mass is 32.2. The number of nitrogens with one attached hydrogen (secondary N) is 1. The summed E-state index contributed by atoms with van der Waals surface area (Å²) in [5, 5.41) is 10.3. The zero-order valence-corrected chi connectivity index (χ0v) is 21.0. The Morgan fingerprint density at radius 1 is 0.865 bits per heavy atom. The minimum absolute atomic E-state index is 0.0233. The monoisotopic (exact) mass is 538 g/mol. The summed E-state index contributed by atoms with van der Waals surface area (Å²) in [6.45, 7) is 3.54. The van der Waals surface area contributed by atoms with Crippen molar-refractivity contribution in [2.45, 2.75) is 25.7 Å². The zero-order valence-electron chi connectivity index (χ0n) is 20.2. The number of rotatable bonds is 12. The van der Waals surface area contributed by atoms with Crippen LogP contribution in [-0.2, 0) is 34.0 Å². The van der Waals surface area contributed by atoms with Crippen LogP contribution in [0.3, 0.4) is 0 Å². The van der Waals surface area contributed by atoms with Gasteiger partial charge in [0.25, 0.3) is 10.1 Å². The zero-order chi connectivity index (χ0) is 27.6. The molecule has 0 atom stereocenters. The number of carbonyl (C=O) groups excluding carboxylic acids is 3. The highest BCUT2D eigenvalue weighted by Crippen LogP contribution is 2.38. The van der Waals surface area contributed by atoms with E-state index in [0.717, 1.165) is 6.07 Å². The first kappa shape index (κ1) is 29.0. The highest BCUT2D eigenvalue weighted by molar-refractivity contribution is 7.86. The van der Waals surface area contributed by atoms with Crippen LogP contribution in [0, 0.1) is 0 Å². The number of nitrogens with zero attached hydrogens (tertiary/aromatic N) is 2. The van der Waals surface area contributed by atoms with Crippen molar-refractivity contribution < 1.29 is 46.3 Å². The number of hydrogen-bond acceptors (Lipinski definition) is 12. The van der Waals surface area contributed by atoms with Gasteiger partial charge in [-0.1, -0.05) is 0 Å². The maximum Gasteiger partial charge on any atom is 0.302 e. The number of benzene rings is 2. The molecule has 0 aliphatic heterocycles. The van der Waals surface area contributed by atoms with Gasteiger partial charge in [0.05, 0.1) is 5.69 Å². The van der Waals surface area contributed by atoms with Crippen molar-refractivity contribution in [3.8, 4) is 11.5 Å². The van der Waals surface area contributed by atoms with Crippen LogP contribution in [-0.4, -0.2) is 57.2 Å². The molecule has 0 aliphatic rings. The normalized spacial score (nSPS) is 11.1. The summed E-state index contributed by atoms with van der Waals surface area (Å²) in [5.74, 6) is -1.19. The molecule has 0 bridgehead atoms. The lowest BCUT2D eigenvalue weighted by Gasteiger charge is -2.14. The van der Waals surface area contributed by atoms with Gasteiger partial charge in [-0.05, 0) is 18.2 Å². The van der Waals surface area contributed by atoms with E-state index < -0.39 is 32.9 Å². The van der Waals surface area contributed by atoms with E-state index in [-0.39, 0.29) is 60.7 Å². The third-order valence-electron chi connectivity index (χ3n) is 4.21. The van der Waals surface area contributed by atoms with Crippen LogP contribution in [0.5, 0.6) is 11.5 Å².